The van der Waals surface area contributed by atoms with Crippen LogP contribution in [-0.2, 0) is 15.8 Å². The summed E-state index contributed by atoms with van der Waals surface area (Å²) in [6, 6.07) is 18.9. The average molecular weight is 549 g/mol. The van der Waals surface area contributed by atoms with E-state index in [-0.39, 0.29) is 17.4 Å². The molecule has 206 valence electrons. The molecule has 0 N–H and O–H groups in total. The van der Waals surface area contributed by atoms with Crippen molar-refractivity contribution in [2.45, 2.75) is 52.4 Å². The molecule has 0 aliphatic rings. The minimum atomic E-state index is -1.87. The van der Waals surface area contributed by atoms with Crippen molar-refractivity contribution in [2.75, 3.05) is 20.3 Å². The topological polar surface area (TPSA) is 66.6 Å². The van der Waals surface area contributed by atoms with Crippen LogP contribution in [0.5, 0.6) is 5.75 Å². The van der Waals surface area contributed by atoms with Gasteiger partial charge in [-0.3, -0.25) is 0 Å². The van der Waals surface area contributed by atoms with Crippen molar-refractivity contribution in [3.63, 3.8) is 0 Å². The Labute approximate surface area is 231 Å². The van der Waals surface area contributed by atoms with Gasteiger partial charge in [0.1, 0.15) is 6.61 Å². The van der Waals surface area contributed by atoms with E-state index in [2.05, 4.69) is 63.1 Å². The Morgan fingerprint density at radius 3 is 2.36 bits per heavy atom. The summed E-state index contributed by atoms with van der Waals surface area (Å²) in [5, 5.41) is 4.20. The van der Waals surface area contributed by atoms with Crippen molar-refractivity contribution in [1.29, 1.82) is 0 Å². The number of methoxy groups -OCH3 is 1. The maximum atomic E-state index is 14.8. The van der Waals surface area contributed by atoms with Crippen molar-refractivity contribution >= 4 is 8.32 Å². The molecule has 39 heavy (non-hydrogen) atoms. The van der Waals surface area contributed by atoms with Crippen LogP contribution < -0.4 is 4.74 Å². The molecule has 0 radical (unpaired) electrons. The molecular formula is C31H37FN2O4Si. The highest BCUT2D eigenvalue weighted by molar-refractivity contribution is 6.74. The fraction of sp³-hybridized carbons (Fsp3) is 0.355. The fourth-order valence-electron chi connectivity index (χ4n) is 4.02. The molecule has 0 saturated heterocycles. The molecule has 3 aromatic carbocycles. The fourth-order valence-corrected chi connectivity index (χ4v) is 5.05. The molecule has 4 aromatic rings. The second kappa shape index (κ2) is 11.8. The van der Waals surface area contributed by atoms with E-state index in [1.165, 1.54) is 11.6 Å². The standard InChI is InChI=1S/C31H37FN2O4Si/c1-21-10-8-9-11-25(21)26-14-12-23(18-24(26)20-35-5)30-33-29(34-38-30)22-13-15-28(27(32)19-22)36-16-17-37-39(6,7)31(2,3)4/h8-15,18-19H,16-17,20H2,1-7H3. The van der Waals surface area contributed by atoms with Gasteiger partial charge in [-0.15, -0.1) is 0 Å². The summed E-state index contributed by atoms with van der Waals surface area (Å²) < 4.78 is 37.6. The van der Waals surface area contributed by atoms with E-state index < -0.39 is 14.1 Å². The zero-order chi connectivity index (χ0) is 28.2. The summed E-state index contributed by atoms with van der Waals surface area (Å²) in [6.07, 6.45) is 0. The maximum Gasteiger partial charge on any atom is 0.258 e. The number of hydrogen-bond acceptors (Lipinski definition) is 6. The van der Waals surface area contributed by atoms with Crippen molar-refractivity contribution in [1.82, 2.24) is 10.1 Å². The van der Waals surface area contributed by atoms with E-state index in [1.807, 2.05) is 30.3 Å². The summed E-state index contributed by atoms with van der Waals surface area (Å²) in [6.45, 7) is 14.1. The lowest BCUT2D eigenvalue weighted by Gasteiger charge is -2.36. The van der Waals surface area contributed by atoms with Gasteiger partial charge in [-0.1, -0.05) is 56.3 Å². The summed E-state index contributed by atoms with van der Waals surface area (Å²) >= 11 is 0. The smallest absolute Gasteiger partial charge is 0.258 e. The van der Waals surface area contributed by atoms with Gasteiger partial charge in [0.05, 0.1) is 13.2 Å². The predicted molar refractivity (Wildman–Crippen MR) is 155 cm³/mol. The highest BCUT2D eigenvalue weighted by atomic mass is 28.4. The number of hydrogen-bond donors (Lipinski definition) is 0. The molecule has 4 rings (SSSR count). The summed E-state index contributed by atoms with van der Waals surface area (Å²) in [4.78, 5) is 4.53. The van der Waals surface area contributed by atoms with E-state index in [0.29, 0.717) is 30.5 Å². The Morgan fingerprint density at radius 2 is 1.67 bits per heavy atom. The number of benzene rings is 3. The minimum absolute atomic E-state index is 0.109. The van der Waals surface area contributed by atoms with Gasteiger partial charge in [0.2, 0.25) is 5.82 Å². The summed E-state index contributed by atoms with van der Waals surface area (Å²) in [5.74, 6) is 0.323. The van der Waals surface area contributed by atoms with E-state index in [1.54, 1.807) is 19.2 Å². The molecule has 0 bridgehead atoms. The van der Waals surface area contributed by atoms with E-state index in [9.17, 15) is 4.39 Å². The highest BCUT2D eigenvalue weighted by Crippen LogP contribution is 2.36. The lowest BCUT2D eigenvalue weighted by Crippen LogP contribution is -2.41. The molecule has 6 nitrogen and oxygen atoms in total. The molecule has 0 amide bonds. The van der Waals surface area contributed by atoms with Crippen LogP contribution in [0.25, 0.3) is 34.0 Å². The molecular weight excluding hydrogens is 511 g/mol. The van der Waals surface area contributed by atoms with E-state index >= 15 is 0 Å². The lowest BCUT2D eigenvalue weighted by atomic mass is 9.94. The molecule has 0 saturated carbocycles. The number of nitrogens with zero attached hydrogens (tertiary/aromatic N) is 2. The van der Waals surface area contributed by atoms with Gasteiger partial charge in [0.15, 0.2) is 19.9 Å². The third kappa shape index (κ3) is 6.64. The average Bonchev–Trinajstić information content (AvgIpc) is 3.38. The zero-order valence-corrected chi connectivity index (χ0v) is 24.8. The molecule has 0 aliphatic carbocycles. The minimum Gasteiger partial charge on any atom is -0.488 e. The first-order chi connectivity index (χ1) is 18.5. The van der Waals surface area contributed by atoms with Gasteiger partial charge in [-0.05, 0) is 77.6 Å². The van der Waals surface area contributed by atoms with Crippen LogP contribution in [0.15, 0.2) is 65.2 Å². The Bertz CT molecular complexity index is 1430. The highest BCUT2D eigenvalue weighted by Gasteiger charge is 2.36. The van der Waals surface area contributed by atoms with Crippen molar-refractivity contribution in [3.8, 4) is 39.7 Å². The van der Waals surface area contributed by atoms with Crippen molar-refractivity contribution in [2.24, 2.45) is 0 Å². The van der Waals surface area contributed by atoms with Crippen LogP contribution in [0.4, 0.5) is 4.39 Å². The Balaban J connectivity index is 1.48. The second-order valence-electron chi connectivity index (χ2n) is 11.1. The molecule has 0 spiro atoms. The van der Waals surface area contributed by atoms with Gasteiger partial charge in [-0.25, -0.2) is 4.39 Å². The third-order valence-corrected chi connectivity index (χ3v) is 11.9. The largest absolute Gasteiger partial charge is 0.488 e. The number of rotatable bonds is 10. The molecule has 0 atom stereocenters. The Kier molecular flexibility index (Phi) is 8.69. The first-order valence-corrected chi connectivity index (χ1v) is 16.0. The monoisotopic (exact) mass is 548 g/mol. The van der Waals surface area contributed by atoms with E-state index in [0.717, 1.165) is 22.3 Å². The molecule has 0 fully saturated rings. The number of halogens is 1. The lowest BCUT2D eigenvalue weighted by molar-refractivity contribution is 0.185. The predicted octanol–water partition coefficient (Wildman–Crippen LogP) is 8.07. The molecule has 0 unspecified atom stereocenters. The molecule has 1 heterocycles. The molecule has 8 heteroatoms. The Hall–Kier alpha value is -3.33. The maximum absolute atomic E-state index is 14.8. The van der Waals surface area contributed by atoms with Gasteiger partial charge in [0.25, 0.3) is 5.89 Å². The zero-order valence-electron chi connectivity index (χ0n) is 23.8. The van der Waals surface area contributed by atoms with E-state index in [4.69, 9.17) is 18.4 Å². The van der Waals surface area contributed by atoms with Crippen LogP contribution in [-0.4, -0.2) is 38.8 Å². The number of ether oxygens (including phenoxy) is 2. The SMILES string of the molecule is COCc1cc(-c2nc(-c3ccc(OCCO[Si](C)(C)C(C)(C)C)c(F)c3)no2)ccc1-c1ccccc1C. The van der Waals surface area contributed by atoms with Crippen LogP contribution >= 0.6 is 0 Å². The van der Waals surface area contributed by atoms with Gasteiger partial charge in [0, 0.05) is 18.2 Å². The Morgan fingerprint density at radius 1 is 0.923 bits per heavy atom. The second-order valence-corrected chi connectivity index (χ2v) is 16.0. The summed E-state index contributed by atoms with van der Waals surface area (Å²) in [5.41, 5.74) is 5.69. The molecule has 1 aromatic heterocycles. The molecule has 0 aliphatic heterocycles. The third-order valence-electron chi connectivity index (χ3n) is 7.31. The number of aromatic nitrogens is 2. The van der Waals surface area contributed by atoms with Gasteiger partial charge < -0.3 is 18.4 Å². The first-order valence-electron chi connectivity index (χ1n) is 13.1. The van der Waals surface area contributed by atoms with Gasteiger partial charge in [-0.2, -0.15) is 4.98 Å². The summed E-state index contributed by atoms with van der Waals surface area (Å²) in [7, 11) is -0.206. The van der Waals surface area contributed by atoms with Crippen LogP contribution in [0.2, 0.25) is 18.1 Å². The van der Waals surface area contributed by atoms with Crippen molar-refractivity contribution in [3.05, 3.63) is 77.6 Å². The van der Waals surface area contributed by atoms with Crippen LogP contribution in [0, 0.1) is 12.7 Å². The van der Waals surface area contributed by atoms with Gasteiger partial charge >= 0.3 is 0 Å². The van der Waals surface area contributed by atoms with Crippen LogP contribution in [0.1, 0.15) is 31.9 Å². The quantitative estimate of drug-likeness (QED) is 0.147. The number of aryl methyl sites for hydroxylation is 1. The first kappa shape index (κ1) is 28.7. The normalized spacial score (nSPS) is 12.1. The van der Waals surface area contributed by atoms with Crippen LogP contribution in [0.3, 0.4) is 0 Å². The van der Waals surface area contributed by atoms with Crippen molar-refractivity contribution < 1.29 is 22.8 Å².